The van der Waals surface area contributed by atoms with Crippen LogP contribution in [0.5, 0.6) is 0 Å². The van der Waals surface area contributed by atoms with Crippen LogP contribution in [0.25, 0.3) is 0 Å². The third-order valence-electron chi connectivity index (χ3n) is 2.37. The minimum atomic E-state index is -3.88. The van der Waals surface area contributed by atoms with Crippen LogP contribution in [0, 0.1) is 10.1 Å². The van der Waals surface area contributed by atoms with E-state index in [4.69, 9.17) is 11.6 Å². The van der Waals surface area contributed by atoms with Gasteiger partial charge >= 0.3 is 0 Å². The normalized spacial score (nSPS) is 11.1. The summed E-state index contributed by atoms with van der Waals surface area (Å²) in [5, 5.41) is 10.7. The molecule has 104 valence electrons. The molecule has 0 radical (unpaired) electrons. The molecule has 0 aliphatic rings. The molecule has 0 unspecified atom stereocenters. The quantitative estimate of drug-likeness (QED) is 0.690. The molecule has 9 heteroatoms. The summed E-state index contributed by atoms with van der Waals surface area (Å²) in [7, 11) is -3.88. The number of nitrogens with one attached hydrogen (secondary N) is 1. The summed E-state index contributed by atoms with van der Waals surface area (Å²) in [6.07, 6.45) is 2.69. The first-order chi connectivity index (χ1) is 9.40. The summed E-state index contributed by atoms with van der Waals surface area (Å²) < 4.78 is 26.4. The topological polar surface area (TPSA) is 102 Å². The van der Waals surface area contributed by atoms with Gasteiger partial charge in [-0.15, -0.1) is 0 Å². The number of hydrogen-bond acceptors (Lipinski definition) is 5. The number of nitro groups is 1. The third-order valence-corrected chi connectivity index (χ3v) is 4.08. The second-order valence-electron chi connectivity index (χ2n) is 3.71. The molecular weight excluding hydrogens is 306 g/mol. The van der Waals surface area contributed by atoms with E-state index >= 15 is 0 Å². The van der Waals surface area contributed by atoms with Crippen molar-refractivity contribution in [2.45, 2.75) is 4.90 Å². The molecule has 0 aliphatic heterocycles. The number of halogens is 1. The molecule has 2 aromatic rings. The van der Waals surface area contributed by atoms with Crippen LogP contribution in [0.2, 0.25) is 5.02 Å². The highest BCUT2D eigenvalue weighted by Gasteiger charge is 2.17. The molecule has 0 saturated heterocycles. The fraction of sp³-hybridized carbons (Fsp3) is 0. The number of anilines is 1. The first kappa shape index (κ1) is 14.2. The van der Waals surface area contributed by atoms with E-state index in [1.165, 1.54) is 18.5 Å². The zero-order valence-electron chi connectivity index (χ0n) is 9.86. The fourth-order valence-corrected chi connectivity index (χ4v) is 2.68. The molecule has 0 amide bonds. The average Bonchev–Trinajstić information content (AvgIpc) is 2.41. The van der Waals surface area contributed by atoms with E-state index < -0.39 is 14.9 Å². The molecule has 0 aliphatic carbocycles. The van der Waals surface area contributed by atoms with Gasteiger partial charge in [-0.25, -0.2) is 8.42 Å². The van der Waals surface area contributed by atoms with E-state index in [0.29, 0.717) is 0 Å². The van der Waals surface area contributed by atoms with E-state index in [2.05, 4.69) is 9.71 Å². The second kappa shape index (κ2) is 5.43. The largest absolute Gasteiger partial charge is 0.277 e. The number of non-ortho nitro benzene ring substituents is 1. The number of sulfonamides is 1. The summed E-state index contributed by atoms with van der Waals surface area (Å²) in [4.78, 5) is 13.6. The van der Waals surface area contributed by atoms with Crippen molar-refractivity contribution in [2.24, 2.45) is 0 Å². The lowest BCUT2D eigenvalue weighted by Crippen LogP contribution is -2.13. The minimum absolute atomic E-state index is 0.108. The van der Waals surface area contributed by atoms with Gasteiger partial charge in [-0.05, 0) is 18.2 Å². The molecule has 1 aromatic carbocycles. The van der Waals surface area contributed by atoms with Gasteiger partial charge in [0.05, 0.1) is 26.7 Å². The summed E-state index contributed by atoms with van der Waals surface area (Å²) in [5.74, 6) is 0. The maximum Gasteiger partial charge on any atom is 0.269 e. The van der Waals surface area contributed by atoms with Crippen molar-refractivity contribution in [1.82, 2.24) is 4.98 Å². The smallest absolute Gasteiger partial charge is 0.269 e. The number of pyridine rings is 1. The van der Waals surface area contributed by atoms with Gasteiger partial charge in [-0.1, -0.05) is 11.6 Å². The van der Waals surface area contributed by atoms with Gasteiger partial charge in [0.1, 0.15) is 0 Å². The second-order valence-corrected chi connectivity index (χ2v) is 5.80. The highest BCUT2D eigenvalue weighted by molar-refractivity contribution is 7.92. The Kier molecular flexibility index (Phi) is 3.86. The molecule has 0 saturated carbocycles. The minimum Gasteiger partial charge on any atom is -0.277 e. The third kappa shape index (κ3) is 3.03. The van der Waals surface area contributed by atoms with E-state index in [0.717, 1.165) is 24.3 Å². The first-order valence-electron chi connectivity index (χ1n) is 5.27. The Labute approximate surface area is 119 Å². The Morgan fingerprint density at radius 2 is 1.85 bits per heavy atom. The summed E-state index contributed by atoms with van der Waals surface area (Å²) in [6, 6.07) is 5.95. The molecule has 1 N–H and O–H groups in total. The van der Waals surface area contributed by atoms with Gasteiger partial charge in [0.2, 0.25) is 0 Å². The maximum absolute atomic E-state index is 12.1. The van der Waals surface area contributed by atoms with E-state index in [9.17, 15) is 18.5 Å². The number of aromatic nitrogens is 1. The highest BCUT2D eigenvalue weighted by atomic mass is 35.5. The van der Waals surface area contributed by atoms with Crippen LogP contribution in [0.1, 0.15) is 0 Å². The van der Waals surface area contributed by atoms with Gasteiger partial charge in [0.25, 0.3) is 15.7 Å². The standard InChI is InChI=1S/C11H8ClN3O4S/c12-10-5-6-13-7-11(10)14-20(18,19)9-3-1-8(2-4-9)15(16)17/h1-7,14H. The number of rotatable bonds is 4. The zero-order valence-corrected chi connectivity index (χ0v) is 11.4. The van der Waals surface area contributed by atoms with Crippen LogP contribution >= 0.6 is 11.6 Å². The van der Waals surface area contributed by atoms with Crippen molar-refractivity contribution in [3.8, 4) is 0 Å². The van der Waals surface area contributed by atoms with Gasteiger partial charge in [-0.3, -0.25) is 19.8 Å². The SMILES string of the molecule is O=[N+]([O-])c1ccc(S(=O)(=O)Nc2cnccc2Cl)cc1. The molecule has 2 rings (SSSR count). The lowest BCUT2D eigenvalue weighted by molar-refractivity contribution is -0.384. The zero-order chi connectivity index (χ0) is 14.8. The van der Waals surface area contributed by atoms with Crippen molar-refractivity contribution in [1.29, 1.82) is 0 Å². The molecule has 7 nitrogen and oxygen atoms in total. The van der Waals surface area contributed by atoms with Crippen molar-refractivity contribution in [2.75, 3.05) is 4.72 Å². The van der Waals surface area contributed by atoms with Crippen LogP contribution in [-0.2, 0) is 10.0 Å². The van der Waals surface area contributed by atoms with Gasteiger partial charge in [-0.2, -0.15) is 0 Å². The van der Waals surface area contributed by atoms with Crippen LogP contribution in [0.4, 0.5) is 11.4 Å². The predicted octanol–water partition coefficient (Wildman–Crippen LogP) is 2.44. The average molecular weight is 314 g/mol. The molecule has 0 fully saturated rings. The Hall–Kier alpha value is -2.19. The monoisotopic (exact) mass is 313 g/mol. The summed E-state index contributed by atoms with van der Waals surface area (Å²) >= 11 is 5.83. The van der Waals surface area contributed by atoms with Crippen LogP contribution in [0.3, 0.4) is 0 Å². The summed E-state index contributed by atoms with van der Waals surface area (Å²) in [5.41, 5.74) is -0.0594. The first-order valence-corrected chi connectivity index (χ1v) is 7.13. The van der Waals surface area contributed by atoms with Crippen LogP contribution in [-0.4, -0.2) is 18.3 Å². The maximum atomic E-state index is 12.1. The van der Waals surface area contributed by atoms with Crippen LogP contribution in [0.15, 0.2) is 47.6 Å². The molecule has 1 aromatic heterocycles. The van der Waals surface area contributed by atoms with Gasteiger partial charge < -0.3 is 0 Å². The van der Waals surface area contributed by atoms with Gasteiger partial charge in [0.15, 0.2) is 0 Å². The fourth-order valence-electron chi connectivity index (χ4n) is 1.40. The Morgan fingerprint density at radius 1 is 1.20 bits per heavy atom. The Morgan fingerprint density at radius 3 is 2.40 bits per heavy atom. The molecule has 1 heterocycles. The molecule has 0 atom stereocenters. The van der Waals surface area contributed by atoms with E-state index in [-0.39, 0.29) is 21.3 Å². The number of hydrogen-bond donors (Lipinski definition) is 1. The van der Waals surface area contributed by atoms with Crippen molar-refractivity contribution in [3.05, 3.63) is 57.9 Å². The van der Waals surface area contributed by atoms with Crippen molar-refractivity contribution >= 4 is 33.0 Å². The molecule has 0 bridgehead atoms. The lowest BCUT2D eigenvalue weighted by atomic mass is 10.3. The highest BCUT2D eigenvalue weighted by Crippen LogP contribution is 2.23. The number of benzene rings is 1. The number of nitro benzene ring substituents is 1. The Balaban J connectivity index is 2.31. The van der Waals surface area contributed by atoms with E-state index in [1.54, 1.807) is 0 Å². The molecule has 0 spiro atoms. The summed E-state index contributed by atoms with van der Waals surface area (Å²) in [6.45, 7) is 0. The Bertz CT molecular complexity index is 747. The number of nitrogens with zero attached hydrogens (tertiary/aromatic N) is 2. The molecular formula is C11H8ClN3O4S. The van der Waals surface area contributed by atoms with E-state index in [1.807, 2.05) is 0 Å². The van der Waals surface area contributed by atoms with Gasteiger partial charge in [0, 0.05) is 18.3 Å². The predicted molar refractivity (Wildman–Crippen MR) is 73.2 cm³/mol. The van der Waals surface area contributed by atoms with Crippen molar-refractivity contribution in [3.63, 3.8) is 0 Å². The molecule has 20 heavy (non-hydrogen) atoms. The van der Waals surface area contributed by atoms with Crippen LogP contribution < -0.4 is 4.72 Å². The van der Waals surface area contributed by atoms with Crippen molar-refractivity contribution < 1.29 is 13.3 Å². The lowest BCUT2D eigenvalue weighted by Gasteiger charge is -2.08.